The predicted molar refractivity (Wildman–Crippen MR) is 52.6 cm³/mol. The van der Waals surface area contributed by atoms with Crippen LogP contribution in [0.25, 0.3) is 0 Å². The van der Waals surface area contributed by atoms with Crippen LogP contribution in [0.3, 0.4) is 0 Å². The van der Waals surface area contributed by atoms with Gasteiger partial charge in [-0.05, 0) is 12.8 Å². The van der Waals surface area contributed by atoms with Crippen molar-refractivity contribution in [1.82, 2.24) is 20.3 Å². The van der Waals surface area contributed by atoms with Gasteiger partial charge in [-0.25, -0.2) is 4.79 Å². The third kappa shape index (κ3) is 2.53. The number of hydrogen-bond acceptors (Lipinski definition) is 4. The van der Waals surface area contributed by atoms with Crippen LogP contribution in [0.2, 0.25) is 0 Å². The first-order valence-corrected chi connectivity index (χ1v) is 5.12. The summed E-state index contributed by atoms with van der Waals surface area (Å²) in [7, 11) is 0. The molecular weight excluding hydrogens is 196 g/mol. The molecule has 0 radical (unpaired) electrons. The molecule has 0 bridgehead atoms. The zero-order valence-electron chi connectivity index (χ0n) is 8.39. The van der Waals surface area contributed by atoms with E-state index in [2.05, 4.69) is 15.6 Å². The van der Waals surface area contributed by atoms with E-state index in [1.165, 1.54) is 25.5 Å². The summed E-state index contributed by atoms with van der Waals surface area (Å²) < 4.78 is 1.55. The zero-order valence-corrected chi connectivity index (χ0v) is 8.39. The Morgan fingerprint density at radius 2 is 2.47 bits per heavy atom. The molecule has 1 aromatic heterocycles. The molecule has 1 aliphatic carbocycles. The van der Waals surface area contributed by atoms with E-state index in [4.69, 9.17) is 5.11 Å². The third-order valence-electron chi connectivity index (χ3n) is 2.64. The number of carboxylic acids is 1. The lowest BCUT2D eigenvalue weighted by molar-refractivity contribution is 0.0690. The Labute approximate surface area is 87.3 Å². The van der Waals surface area contributed by atoms with E-state index in [0.717, 1.165) is 6.54 Å². The molecule has 1 aromatic rings. The number of nitrogens with one attached hydrogen (secondary N) is 1. The van der Waals surface area contributed by atoms with E-state index in [1.807, 2.05) is 0 Å². The number of carbonyl (C=O) groups is 1. The Balaban J connectivity index is 1.75. The van der Waals surface area contributed by atoms with Crippen molar-refractivity contribution in [3.8, 4) is 0 Å². The summed E-state index contributed by atoms with van der Waals surface area (Å²) in [5.41, 5.74) is -0.00126. The van der Waals surface area contributed by atoms with Gasteiger partial charge in [-0.2, -0.15) is 0 Å². The minimum Gasteiger partial charge on any atom is -0.476 e. The summed E-state index contributed by atoms with van der Waals surface area (Å²) in [4.78, 5) is 10.5. The topological polar surface area (TPSA) is 80.0 Å². The summed E-state index contributed by atoms with van der Waals surface area (Å²) in [6.07, 6.45) is 5.25. The van der Waals surface area contributed by atoms with Crippen molar-refractivity contribution in [3.05, 3.63) is 11.9 Å². The van der Waals surface area contributed by atoms with Gasteiger partial charge >= 0.3 is 5.97 Å². The number of hydrogen-bond donors (Lipinski definition) is 2. The third-order valence-corrected chi connectivity index (χ3v) is 2.64. The summed E-state index contributed by atoms with van der Waals surface area (Å²) in [5.74, 6) is -1.03. The van der Waals surface area contributed by atoms with Crippen LogP contribution in [0.4, 0.5) is 0 Å². The van der Waals surface area contributed by atoms with Gasteiger partial charge in [-0.3, -0.25) is 4.68 Å². The highest BCUT2D eigenvalue weighted by atomic mass is 16.4. The Bertz CT molecular complexity index is 346. The Morgan fingerprint density at radius 3 is 3.00 bits per heavy atom. The predicted octanol–water partition coefficient (Wildman–Crippen LogP) is 0.118. The van der Waals surface area contributed by atoms with Crippen LogP contribution in [-0.2, 0) is 6.54 Å². The quantitative estimate of drug-likeness (QED) is 0.721. The molecule has 0 unspecified atom stereocenters. The number of aromatic carboxylic acids is 1. The first kappa shape index (κ1) is 10.1. The molecular formula is C9H14N4O2. The maximum atomic E-state index is 10.5. The summed E-state index contributed by atoms with van der Waals surface area (Å²) >= 11 is 0. The van der Waals surface area contributed by atoms with E-state index < -0.39 is 5.97 Å². The second-order valence-electron chi connectivity index (χ2n) is 3.75. The first-order valence-electron chi connectivity index (χ1n) is 5.12. The van der Waals surface area contributed by atoms with Crippen LogP contribution in [0.15, 0.2) is 6.20 Å². The molecule has 0 spiro atoms. The summed E-state index contributed by atoms with van der Waals surface area (Å²) in [6.45, 7) is 1.48. The average molecular weight is 210 g/mol. The number of rotatable bonds is 5. The molecule has 1 fully saturated rings. The molecule has 0 amide bonds. The number of nitrogens with zero attached hydrogens (tertiary/aromatic N) is 3. The fourth-order valence-electron chi connectivity index (χ4n) is 1.50. The smallest absolute Gasteiger partial charge is 0.358 e. The lowest BCUT2D eigenvalue weighted by atomic mass is 9.93. The molecule has 6 heteroatoms. The second-order valence-corrected chi connectivity index (χ2v) is 3.75. The minimum atomic E-state index is -1.03. The van der Waals surface area contributed by atoms with Crippen molar-refractivity contribution in [2.45, 2.75) is 31.8 Å². The average Bonchev–Trinajstić information content (AvgIpc) is 2.57. The Kier molecular flexibility index (Phi) is 2.96. The SMILES string of the molecule is O=C(O)c1cn(CCNC2CCC2)nn1. The monoisotopic (exact) mass is 210 g/mol. The second kappa shape index (κ2) is 4.39. The van der Waals surface area contributed by atoms with Crippen LogP contribution in [0.5, 0.6) is 0 Å². The molecule has 0 saturated heterocycles. The molecule has 0 aromatic carbocycles. The lowest BCUT2D eigenvalue weighted by Gasteiger charge is -2.26. The fourth-order valence-corrected chi connectivity index (χ4v) is 1.50. The van der Waals surface area contributed by atoms with Gasteiger partial charge in [-0.1, -0.05) is 11.6 Å². The van der Waals surface area contributed by atoms with Crippen molar-refractivity contribution in [1.29, 1.82) is 0 Å². The van der Waals surface area contributed by atoms with Crippen LogP contribution in [-0.4, -0.2) is 38.7 Å². The van der Waals surface area contributed by atoms with Gasteiger partial charge < -0.3 is 10.4 Å². The van der Waals surface area contributed by atoms with Gasteiger partial charge in [0.2, 0.25) is 0 Å². The van der Waals surface area contributed by atoms with E-state index in [1.54, 1.807) is 4.68 Å². The Morgan fingerprint density at radius 1 is 1.67 bits per heavy atom. The van der Waals surface area contributed by atoms with E-state index in [0.29, 0.717) is 12.6 Å². The van der Waals surface area contributed by atoms with Gasteiger partial charge in [0.25, 0.3) is 0 Å². The van der Waals surface area contributed by atoms with Gasteiger partial charge in [0.05, 0.1) is 12.7 Å². The molecule has 15 heavy (non-hydrogen) atoms. The van der Waals surface area contributed by atoms with Gasteiger partial charge in [-0.15, -0.1) is 5.10 Å². The number of carboxylic acid groups (broad SMARTS) is 1. The largest absolute Gasteiger partial charge is 0.476 e. The highest BCUT2D eigenvalue weighted by Gasteiger charge is 2.16. The molecule has 0 aliphatic heterocycles. The molecule has 2 N–H and O–H groups in total. The molecule has 6 nitrogen and oxygen atoms in total. The lowest BCUT2D eigenvalue weighted by Crippen LogP contribution is -2.37. The normalized spacial score (nSPS) is 16.3. The Hall–Kier alpha value is -1.43. The standard InChI is InChI=1S/C9H14N4O2/c14-9(15)8-6-13(12-11-8)5-4-10-7-2-1-3-7/h6-7,10H,1-5H2,(H,14,15). The van der Waals surface area contributed by atoms with Gasteiger partial charge in [0, 0.05) is 12.6 Å². The van der Waals surface area contributed by atoms with Crippen molar-refractivity contribution in [3.63, 3.8) is 0 Å². The van der Waals surface area contributed by atoms with Gasteiger partial charge in [0.15, 0.2) is 5.69 Å². The molecule has 82 valence electrons. The zero-order chi connectivity index (χ0) is 10.7. The van der Waals surface area contributed by atoms with Crippen molar-refractivity contribution in [2.75, 3.05) is 6.54 Å². The van der Waals surface area contributed by atoms with Crippen LogP contribution in [0, 0.1) is 0 Å². The molecule has 1 saturated carbocycles. The summed E-state index contributed by atoms with van der Waals surface area (Å²) in [6, 6.07) is 0.646. The van der Waals surface area contributed by atoms with Crippen molar-refractivity contribution < 1.29 is 9.90 Å². The maximum Gasteiger partial charge on any atom is 0.358 e. The van der Waals surface area contributed by atoms with Crippen molar-refractivity contribution >= 4 is 5.97 Å². The molecule has 2 rings (SSSR count). The molecule has 1 aliphatic rings. The van der Waals surface area contributed by atoms with Crippen LogP contribution >= 0.6 is 0 Å². The van der Waals surface area contributed by atoms with Crippen molar-refractivity contribution in [2.24, 2.45) is 0 Å². The van der Waals surface area contributed by atoms with Crippen LogP contribution in [0.1, 0.15) is 29.8 Å². The van der Waals surface area contributed by atoms with E-state index in [9.17, 15) is 4.79 Å². The maximum absolute atomic E-state index is 10.5. The highest BCUT2D eigenvalue weighted by Crippen LogP contribution is 2.17. The van der Waals surface area contributed by atoms with E-state index in [-0.39, 0.29) is 5.69 Å². The first-order chi connectivity index (χ1) is 7.25. The highest BCUT2D eigenvalue weighted by molar-refractivity contribution is 5.84. The van der Waals surface area contributed by atoms with Crippen LogP contribution < -0.4 is 5.32 Å². The molecule has 0 atom stereocenters. The number of aromatic nitrogens is 3. The minimum absolute atomic E-state index is 0.00126. The van der Waals surface area contributed by atoms with E-state index >= 15 is 0 Å². The fraction of sp³-hybridized carbons (Fsp3) is 0.667. The van der Waals surface area contributed by atoms with Gasteiger partial charge in [0.1, 0.15) is 0 Å². The molecule has 1 heterocycles. The summed E-state index contributed by atoms with van der Waals surface area (Å²) in [5, 5.41) is 19.3.